The zero-order valence-corrected chi connectivity index (χ0v) is 33.2. The third kappa shape index (κ3) is 5.63. The summed E-state index contributed by atoms with van der Waals surface area (Å²) < 4.78 is 2.41. The first-order valence-electron chi connectivity index (χ1n) is 20.5. The van der Waals surface area contributed by atoms with E-state index in [0.29, 0.717) is 0 Å². The van der Waals surface area contributed by atoms with Crippen molar-refractivity contribution < 1.29 is 0 Å². The van der Waals surface area contributed by atoms with Crippen LogP contribution in [0.5, 0.6) is 0 Å². The Balaban J connectivity index is 1.22. The minimum atomic E-state index is -0.132. The van der Waals surface area contributed by atoms with Crippen molar-refractivity contribution in [1.82, 2.24) is 4.57 Å². The molecule has 10 aromatic rings. The fraction of sp³-hybridized carbons (Fsp3) is 0.0526. The first-order valence-corrected chi connectivity index (χ1v) is 20.5. The van der Waals surface area contributed by atoms with E-state index in [2.05, 4.69) is 242 Å². The van der Waals surface area contributed by atoms with Gasteiger partial charge in [-0.3, -0.25) is 0 Å². The van der Waals surface area contributed by atoms with Gasteiger partial charge in [0.05, 0.1) is 16.7 Å². The highest BCUT2D eigenvalue weighted by Gasteiger charge is 2.37. The summed E-state index contributed by atoms with van der Waals surface area (Å²) in [5, 5.41) is 2.47. The van der Waals surface area contributed by atoms with Crippen molar-refractivity contribution in [3.8, 4) is 50.2 Å². The molecule has 0 saturated carbocycles. The topological polar surface area (TPSA) is 8.17 Å². The molecule has 1 aliphatic carbocycles. The third-order valence-electron chi connectivity index (χ3n) is 12.4. The van der Waals surface area contributed by atoms with E-state index in [0.717, 1.165) is 28.3 Å². The Hall–Kier alpha value is -7.42. The van der Waals surface area contributed by atoms with E-state index in [1.54, 1.807) is 0 Å². The van der Waals surface area contributed by atoms with E-state index in [4.69, 9.17) is 0 Å². The molecule has 1 aromatic heterocycles. The number of nitrogens with zero attached hydrogens (tertiary/aromatic N) is 2. The molecule has 0 unspecified atom stereocenters. The van der Waals surface area contributed by atoms with Crippen molar-refractivity contribution in [3.63, 3.8) is 0 Å². The van der Waals surface area contributed by atoms with Gasteiger partial charge in [0.15, 0.2) is 0 Å². The zero-order valence-electron chi connectivity index (χ0n) is 33.2. The number of hydrogen-bond donors (Lipinski definition) is 0. The van der Waals surface area contributed by atoms with Crippen LogP contribution < -0.4 is 4.90 Å². The van der Waals surface area contributed by atoms with Gasteiger partial charge in [-0.1, -0.05) is 184 Å². The van der Waals surface area contributed by atoms with Crippen LogP contribution in [0.2, 0.25) is 0 Å². The smallest absolute Gasteiger partial charge is 0.0561 e. The molecule has 1 heterocycles. The van der Waals surface area contributed by atoms with Gasteiger partial charge in [0.25, 0.3) is 0 Å². The molecule has 11 rings (SSSR count). The molecule has 59 heavy (non-hydrogen) atoms. The van der Waals surface area contributed by atoms with Gasteiger partial charge in [0.1, 0.15) is 0 Å². The first kappa shape index (κ1) is 34.8. The van der Waals surface area contributed by atoms with Crippen LogP contribution in [0.1, 0.15) is 25.0 Å². The number of hydrogen-bond acceptors (Lipinski definition) is 1. The molecule has 9 aromatic carbocycles. The lowest BCUT2D eigenvalue weighted by molar-refractivity contribution is 0.660. The molecule has 2 nitrogen and oxygen atoms in total. The van der Waals surface area contributed by atoms with Crippen molar-refractivity contribution in [2.24, 2.45) is 0 Å². The van der Waals surface area contributed by atoms with Crippen LogP contribution in [0.15, 0.2) is 218 Å². The average molecular weight is 755 g/mol. The summed E-state index contributed by atoms with van der Waals surface area (Å²) in [6, 6.07) is 79.9. The highest BCUT2D eigenvalue weighted by atomic mass is 15.1. The number of rotatable bonds is 7. The molecular weight excluding hydrogens is 713 g/mol. The van der Waals surface area contributed by atoms with E-state index in [-0.39, 0.29) is 5.41 Å². The molecule has 0 aliphatic heterocycles. The summed E-state index contributed by atoms with van der Waals surface area (Å²) in [5.74, 6) is 0. The summed E-state index contributed by atoms with van der Waals surface area (Å²) in [6.45, 7) is 4.74. The number of fused-ring (bicyclic) bond motifs is 6. The Morgan fingerprint density at radius 1 is 0.373 bits per heavy atom. The highest BCUT2D eigenvalue weighted by molar-refractivity contribution is 6.11. The second-order valence-electron chi connectivity index (χ2n) is 16.1. The van der Waals surface area contributed by atoms with Gasteiger partial charge in [0, 0.05) is 38.8 Å². The van der Waals surface area contributed by atoms with E-state index < -0.39 is 0 Å². The van der Waals surface area contributed by atoms with Crippen molar-refractivity contribution in [3.05, 3.63) is 230 Å². The van der Waals surface area contributed by atoms with E-state index in [1.165, 1.54) is 71.9 Å². The van der Waals surface area contributed by atoms with E-state index >= 15 is 0 Å². The normalized spacial score (nSPS) is 12.7. The fourth-order valence-corrected chi connectivity index (χ4v) is 9.64. The Morgan fingerprint density at radius 3 is 1.71 bits per heavy atom. The summed E-state index contributed by atoms with van der Waals surface area (Å²) in [4.78, 5) is 2.48. The Labute approximate surface area is 345 Å². The van der Waals surface area contributed by atoms with Gasteiger partial charge in [-0.05, 0) is 98.6 Å². The predicted octanol–water partition coefficient (Wildman–Crippen LogP) is 15.6. The van der Waals surface area contributed by atoms with Gasteiger partial charge in [-0.25, -0.2) is 0 Å². The molecule has 0 saturated heterocycles. The minimum Gasteiger partial charge on any atom is -0.310 e. The lowest BCUT2D eigenvalue weighted by Gasteiger charge is -2.30. The van der Waals surface area contributed by atoms with Crippen molar-refractivity contribution in [1.29, 1.82) is 0 Å². The van der Waals surface area contributed by atoms with Gasteiger partial charge < -0.3 is 9.47 Å². The lowest BCUT2D eigenvalue weighted by Crippen LogP contribution is -2.15. The number of aromatic nitrogens is 1. The average Bonchev–Trinajstić information content (AvgIpc) is 3.75. The summed E-state index contributed by atoms with van der Waals surface area (Å²) in [6.07, 6.45) is 0. The molecule has 1 aliphatic rings. The standard InChI is InChI=1S/C57H42N2/c1-57(2)50-28-14-12-25-48(50)55-49(27-16-29-51(55)57)56-45(41-20-8-4-9-21-41)26-17-31-53(56)58(43-34-32-40(33-35-43)39-18-6-3-7-19-39)44-36-37-47-46-24-13-15-30-52(46)59(54(47)38-44)42-22-10-5-11-23-42/h3-38H,1-2H3. The molecule has 280 valence electrons. The Kier molecular flexibility index (Phi) is 8.20. The second kappa shape index (κ2) is 13.9. The van der Waals surface area contributed by atoms with Crippen LogP contribution in [-0.2, 0) is 5.41 Å². The maximum absolute atomic E-state index is 2.48. The summed E-state index contributed by atoms with van der Waals surface area (Å²) in [7, 11) is 0. The molecule has 0 fully saturated rings. The molecule has 0 N–H and O–H groups in total. The van der Waals surface area contributed by atoms with Crippen LogP contribution >= 0.6 is 0 Å². The zero-order chi connectivity index (χ0) is 39.5. The maximum atomic E-state index is 2.48. The van der Waals surface area contributed by atoms with Crippen LogP contribution in [-0.4, -0.2) is 4.57 Å². The number of para-hydroxylation sites is 2. The molecule has 0 amide bonds. The first-order chi connectivity index (χ1) is 29.1. The molecule has 0 atom stereocenters. The van der Waals surface area contributed by atoms with Crippen LogP contribution in [0.25, 0.3) is 72.0 Å². The maximum Gasteiger partial charge on any atom is 0.0561 e. The molecule has 0 radical (unpaired) electrons. The van der Waals surface area contributed by atoms with Gasteiger partial charge in [-0.15, -0.1) is 0 Å². The predicted molar refractivity (Wildman–Crippen MR) is 249 cm³/mol. The fourth-order valence-electron chi connectivity index (χ4n) is 9.64. The summed E-state index contributed by atoms with van der Waals surface area (Å²) in [5.41, 5.74) is 19.2. The van der Waals surface area contributed by atoms with Crippen LogP contribution in [0.3, 0.4) is 0 Å². The summed E-state index contributed by atoms with van der Waals surface area (Å²) >= 11 is 0. The SMILES string of the molecule is CC1(C)c2ccccc2-c2c(-c3c(-c4ccccc4)cccc3N(c3ccc(-c4ccccc4)cc3)c3ccc4c5ccccc5n(-c5ccccc5)c4c3)cccc21. The quantitative estimate of drug-likeness (QED) is 0.157. The monoisotopic (exact) mass is 754 g/mol. The van der Waals surface area contributed by atoms with Crippen molar-refractivity contribution >= 4 is 38.9 Å². The largest absolute Gasteiger partial charge is 0.310 e. The third-order valence-corrected chi connectivity index (χ3v) is 12.4. The van der Waals surface area contributed by atoms with Crippen molar-refractivity contribution in [2.75, 3.05) is 4.90 Å². The molecule has 0 bridgehead atoms. The van der Waals surface area contributed by atoms with E-state index in [1.807, 2.05) is 0 Å². The van der Waals surface area contributed by atoms with Crippen molar-refractivity contribution in [2.45, 2.75) is 19.3 Å². The Morgan fingerprint density at radius 2 is 0.932 bits per heavy atom. The van der Waals surface area contributed by atoms with Crippen LogP contribution in [0.4, 0.5) is 17.1 Å². The number of anilines is 3. The number of benzene rings is 9. The van der Waals surface area contributed by atoms with E-state index in [9.17, 15) is 0 Å². The van der Waals surface area contributed by atoms with Gasteiger partial charge in [-0.2, -0.15) is 0 Å². The van der Waals surface area contributed by atoms with Gasteiger partial charge in [0.2, 0.25) is 0 Å². The van der Waals surface area contributed by atoms with Crippen LogP contribution in [0, 0.1) is 0 Å². The lowest BCUT2D eigenvalue weighted by atomic mass is 9.81. The molecule has 0 spiro atoms. The second-order valence-corrected chi connectivity index (χ2v) is 16.1. The minimum absolute atomic E-state index is 0.132. The molecular formula is C57H42N2. The highest BCUT2D eigenvalue weighted by Crippen LogP contribution is 2.55. The van der Waals surface area contributed by atoms with Gasteiger partial charge >= 0.3 is 0 Å². The molecule has 2 heteroatoms. The Bertz CT molecular complexity index is 3160.